The number of thiazole rings is 1. The molecule has 2 aromatic rings. The summed E-state index contributed by atoms with van der Waals surface area (Å²) in [5.74, 6) is -1.29. The fourth-order valence-electron chi connectivity index (χ4n) is 2.38. The van der Waals surface area contributed by atoms with E-state index in [1.54, 1.807) is 16.2 Å². The number of aromatic nitrogens is 1. The van der Waals surface area contributed by atoms with Gasteiger partial charge in [0.15, 0.2) is 10.7 Å². The van der Waals surface area contributed by atoms with Gasteiger partial charge in [-0.1, -0.05) is 0 Å². The van der Waals surface area contributed by atoms with E-state index in [1.807, 2.05) is 12.3 Å². The van der Waals surface area contributed by atoms with Gasteiger partial charge in [0, 0.05) is 16.8 Å². The third-order valence-corrected chi connectivity index (χ3v) is 5.27. The Kier molecular flexibility index (Phi) is 3.31. The van der Waals surface area contributed by atoms with Gasteiger partial charge in [-0.25, -0.2) is 9.78 Å². The first-order valence-corrected chi connectivity index (χ1v) is 7.90. The lowest BCUT2D eigenvalue weighted by Gasteiger charge is -2.33. The van der Waals surface area contributed by atoms with Gasteiger partial charge in [-0.3, -0.25) is 4.79 Å². The number of thiophene rings is 1. The fourth-order valence-corrected chi connectivity index (χ4v) is 4.09. The minimum atomic E-state index is -1.10. The summed E-state index contributed by atoms with van der Waals surface area (Å²) < 4.78 is 0. The summed E-state index contributed by atoms with van der Waals surface area (Å²) in [6, 6.07) is 2.06. The van der Waals surface area contributed by atoms with E-state index in [4.69, 9.17) is 5.11 Å². The number of nitrogens with zero attached hydrogens (tertiary/aromatic N) is 2. The van der Waals surface area contributed by atoms with E-state index in [0.717, 1.165) is 17.8 Å². The zero-order chi connectivity index (χ0) is 14.3. The molecule has 2 aromatic heterocycles. The van der Waals surface area contributed by atoms with E-state index in [-0.39, 0.29) is 22.7 Å². The minimum Gasteiger partial charge on any atom is -0.476 e. The average molecular weight is 308 g/mol. The van der Waals surface area contributed by atoms with Crippen molar-refractivity contribution in [3.8, 4) is 0 Å². The van der Waals surface area contributed by atoms with Crippen molar-refractivity contribution in [1.82, 2.24) is 9.88 Å². The van der Waals surface area contributed by atoms with Crippen molar-refractivity contribution in [2.75, 3.05) is 6.54 Å². The second kappa shape index (κ2) is 4.99. The molecule has 3 rings (SSSR count). The molecule has 1 aliphatic heterocycles. The Hall–Kier alpha value is -1.73. The quantitative estimate of drug-likeness (QED) is 0.926. The second-order valence-electron chi connectivity index (χ2n) is 4.57. The van der Waals surface area contributed by atoms with Crippen LogP contribution in [-0.4, -0.2) is 33.4 Å². The summed E-state index contributed by atoms with van der Waals surface area (Å²) in [6.45, 7) is 2.64. The van der Waals surface area contributed by atoms with Gasteiger partial charge >= 0.3 is 5.97 Å². The van der Waals surface area contributed by atoms with Gasteiger partial charge in [0.2, 0.25) is 0 Å². The van der Waals surface area contributed by atoms with E-state index < -0.39 is 5.97 Å². The van der Waals surface area contributed by atoms with E-state index in [9.17, 15) is 9.59 Å². The number of rotatable bonds is 2. The van der Waals surface area contributed by atoms with Crippen molar-refractivity contribution in [3.63, 3.8) is 0 Å². The van der Waals surface area contributed by atoms with Crippen LogP contribution in [0, 0.1) is 0 Å². The topological polar surface area (TPSA) is 70.5 Å². The summed E-state index contributed by atoms with van der Waals surface area (Å²) in [5.41, 5.74) is 1.11. The smallest absolute Gasteiger partial charge is 0.355 e. The molecule has 1 N–H and O–H groups in total. The molecule has 0 radical (unpaired) electrons. The summed E-state index contributed by atoms with van der Waals surface area (Å²) in [7, 11) is 0. The summed E-state index contributed by atoms with van der Waals surface area (Å²) in [6.07, 6.45) is 0.847. The van der Waals surface area contributed by atoms with E-state index in [2.05, 4.69) is 11.1 Å². The molecule has 0 bridgehead atoms. The molecule has 0 saturated carbocycles. The maximum Gasteiger partial charge on any atom is 0.355 e. The number of carbonyl (C=O) groups is 2. The van der Waals surface area contributed by atoms with Crippen LogP contribution in [0.15, 0.2) is 16.8 Å². The molecule has 1 amide bonds. The molecule has 0 spiro atoms. The van der Waals surface area contributed by atoms with Crippen molar-refractivity contribution >= 4 is 34.6 Å². The maximum absolute atomic E-state index is 12.5. The minimum absolute atomic E-state index is 0.00896. The van der Waals surface area contributed by atoms with Gasteiger partial charge in [-0.05, 0) is 30.4 Å². The Morgan fingerprint density at radius 2 is 2.25 bits per heavy atom. The number of carboxylic acid groups (broad SMARTS) is 1. The van der Waals surface area contributed by atoms with Gasteiger partial charge in [-0.2, -0.15) is 0 Å². The largest absolute Gasteiger partial charge is 0.476 e. The summed E-state index contributed by atoms with van der Waals surface area (Å²) >= 11 is 2.80. The Bertz CT molecular complexity index is 677. The van der Waals surface area contributed by atoms with Crippen molar-refractivity contribution in [2.24, 2.45) is 0 Å². The Morgan fingerprint density at radius 1 is 1.45 bits per heavy atom. The van der Waals surface area contributed by atoms with Crippen molar-refractivity contribution in [1.29, 1.82) is 0 Å². The first-order valence-electron chi connectivity index (χ1n) is 6.14. The zero-order valence-electron chi connectivity index (χ0n) is 10.7. The summed E-state index contributed by atoms with van der Waals surface area (Å²) in [5, 5.41) is 12.6. The normalized spacial score (nSPS) is 17.9. The van der Waals surface area contributed by atoms with E-state index in [1.165, 1.54) is 15.8 Å². The third-order valence-electron chi connectivity index (χ3n) is 3.44. The van der Waals surface area contributed by atoms with Gasteiger partial charge in [0.1, 0.15) is 0 Å². The molecule has 20 heavy (non-hydrogen) atoms. The van der Waals surface area contributed by atoms with Crippen LogP contribution in [0.2, 0.25) is 0 Å². The lowest BCUT2D eigenvalue weighted by Crippen LogP contribution is -2.38. The van der Waals surface area contributed by atoms with E-state index in [0.29, 0.717) is 6.54 Å². The van der Waals surface area contributed by atoms with E-state index >= 15 is 0 Å². The van der Waals surface area contributed by atoms with Crippen LogP contribution >= 0.6 is 22.7 Å². The summed E-state index contributed by atoms with van der Waals surface area (Å²) in [4.78, 5) is 30.3. The molecule has 104 valence electrons. The predicted molar refractivity (Wildman–Crippen MR) is 76.5 cm³/mol. The van der Waals surface area contributed by atoms with Gasteiger partial charge in [0.05, 0.1) is 6.04 Å². The number of fused-ring (bicyclic) bond motifs is 1. The number of hydrogen-bond donors (Lipinski definition) is 1. The molecule has 0 aliphatic carbocycles. The van der Waals surface area contributed by atoms with Crippen LogP contribution in [0.5, 0.6) is 0 Å². The first kappa shape index (κ1) is 13.3. The number of aromatic carboxylic acids is 1. The van der Waals surface area contributed by atoms with Crippen LogP contribution < -0.4 is 0 Å². The number of amides is 1. The number of carbonyl (C=O) groups excluding carboxylic acids is 1. The number of hydrogen-bond acceptors (Lipinski definition) is 5. The molecular formula is C13H12N2O3S2. The SMILES string of the molecule is CC1c2ccsc2CCN1C(=O)c1nc(C(=O)O)cs1. The van der Waals surface area contributed by atoms with Crippen LogP contribution in [0.4, 0.5) is 0 Å². The molecule has 0 aromatic carbocycles. The monoisotopic (exact) mass is 308 g/mol. The van der Waals surface area contributed by atoms with Crippen molar-refractivity contribution < 1.29 is 14.7 Å². The molecular weight excluding hydrogens is 296 g/mol. The highest BCUT2D eigenvalue weighted by molar-refractivity contribution is 7.12. The third kappa shape index (κ3) is 2.12. The van der Waals surface area contributed by atoms with Gasteiger partial charge in [-0.15, -0.1) is 22.7 Å². The molecule has 1 atom stereocenters. The maximum atomic E-state index is 12.5. The zero-order valence-corrected chi connectivity index (χ0v) is 12.3. The highest BCUT2D eigenvalue weighted by Crippen LogP contribution is 2.33. The highest BCUT2D eigenvalue weighted by Gasteiger charge is 2.30. The molecule has 3 heterocycles. The molecule has 1 aliphatic rings. The van der Waals surface area contributed by atoms with Crippen LogP contribution in [0.3, 0.4) is 0 Å². The van der Waals surface area contributed by atoms with Crippen LogP contribution in [0.1, 0.15) is 43.7 Å². The fraction of sp³-hybridized carbons (Fsp3) is 0.308. The standard InChI is InChI=1S/C13H12N2O3S2/c1-7-8-3-5-19-10(8)2-4-15(7)12(16)11-14-9(6-20-11)13(17)18/h3,5-7H,2,4H2,1H3,(H,17,18). The second-order valence-corrected chi connectivity index (χ2v) is 6.43. The van der Waals surface area contributed by atoms with Crippen LogP contribution in [0.25, 0.3) is 0 Å². The Morgan fingerprint density at radius 3 is 2.95 bits per heavy atom. The molecule has 5 nitrogen and oxygen atoms in total. The van der Waals surface area contributed by atoms with Gasteiger partial charge in [0.25, 0.3) is 5.91 Å². The lowest BCUT2D eigenvalue weighted by molar-refractivity contribution is 0.0678. The Balaban J connectivity index is 1.86. The molecule has 1 unspecified atom stereocenters. The number of carboxylic acids is 1. The predicted octanol–water partition coefficient (Wildman–Crippen LogP) is 2.66. The van der Waals surface area contributed by atoms with Crippen LogP contribution in [-0.2, 0) is 6.42 Å². The molecule has 7 heteroatoms. The highest BCUT2D eigenvalue weighted by atomic mass is 32.1. The molecule has 0 saturated heterocycles. The Labute approximate surface area is 123 Å². The molecule has 0 fully saturated rings. The van der Waals surface area contributed by atoms with Crippen molar-refractivity contribution in [3.05, 3.63) is 38.0 Å². The average Bonchev–Trinajstić information content (AvgIpc) is 3.08. The van der Waals surface area contributed by atoms with Crippen molar-refractivity contribution in [2.45, 2.75) is 19.4 Å². The first-order chi connectivity index (χ1) is 9.58. The lowest BCUT2D eigenvalue weighted by atomic mass is 10.0. The van der Waals surface area contributed by atoms with Gasteiger partial charge < -0.3 is 10.0 Å².